The Hall–Kier alpha value is -1.73. The molecule has 0 atom stereocenters. The van der Waals surface area contributed by atoms with Crippen molar-refractivity contribution in [2.75, 3.05) is 52.8 Å². The number of aromatic nitrogens is 2. The van der Waals surface area contributed by atoms with Crippen LogP contribution < -0.4 is 10.6 Å². The predicted octanol–water partition coefficient (Wildman–Crippen LogP) is 0.216. The van der Waals surface area contributed by atoms with Crippen LogP contribution in [0.15, 0.2) is 12.4 Å². The topological polar surface area (TPSA) is 79.4 Å². The Morgan fingerprint density at radius 1 is 1.30 bits per heavy atom. The van der Waals surface area contributed by atoms with Crippen LogP contribution in [0, 0.1) is 0 Å². The van der Waals surface area contributed by atoms with Gasteiger partial charge in [0, 0.05) is 32.6 Å². The monoisotopic (exact) mass is 281 g/mol. The van der Waals surface area contributed by atoms with Crippen molar-refractivity contribution in [2.45, 2.75) is 6.42 Å². The molecule has 1 aromatic heterocycles. The van der Waals surface area contributed by atoms with Gasteiger partial charge in [0.15, 0.2) is 0 Å². The van der Waals surface area contributed by atoms with Crippen LogP contribution in [0.3, 0.4) is 0 Å². The lowest BCUT2D eigenvalue weighted by atomic mass is 10.3. The number of nitrogens with one attached hydrogen (secondary N) is 2. The minimum Gasteiger partial charge on any atom is -0.383 e. The van der Waals surface area contributed by atoms with E-state index in [1.807, 2.05) is 14.1 Å². The van der Waals surface area contributed by atoms with Gasteiger partial charge >= 0.3 is 0 Å². The first-order valence-corrected chi connectivity index (χ1v) is 6.61. The largest absolute Gasteiger partial charge is 0.383 e. The molecule has 1 aromatic rings. The number of rotatable bonds is 9. The van der Waals surface area contributed by atoms with E-state index in [0.717, 1.165) is 19.5 Å². The molecule has 0 radical (unpaired) electrons. The van der Waals surface area contributed by atoms with E-state index in [4.69, 9.17) is 4.74 Å². The first-order chi connectivity index (χ1) is 9.63. The standard InChI is InChI=1S/C13H23N5O2/c1-18(2)7-4-5-15-13-16-9-11(10-17-13)12(19)14-6-8-20-3/h9-10H,4-8H2,1-3H3,(H,14,19)(H,15,16,17). The number of amides is 1. The fourth-order valence-electron chi connectivity index (χ4n) is 1.50. The Morgan fingerprint density at radius 2 is 2.00 bits per heavy atom. The summed E-state index contributed by atoms with van der Waals surface area (Å²) in [6.07, 6.45) is 4.04. The molecule has 0 spiro atoms. The van der Waals surface area contributed by atoms with E-state index >= 15 is 0 Å². The van der Waals surface area contributed by atoms with Gasteiger partial charge in [0.05, 0.1) is 12.2 Å². The van der Waals surface area contributed by atoms with Crippen molar-refractivity contribution in [3.05, 3.63) is 18.0 Å². The summed E-state index contributed by atoms with van der Waals surface area (Å²) in [7, 11) is 5.66. The average Bonchev–Trinajstić information content (AvgIpc) is 2.44. The van der Waals surface area contributed by atoms with Crippen LogP contribution in [0.4, 0.5) is 5.95 Å². The number of carbonyl (C=O) groups is 1. The fraction of sp³-hybridized carbons (Fsp3) is 0.615. The fourth-order valence-corrected chi connectivity index (χ4v) is 1.50. The van der Waals surface area contributed by atoms with Gasteiger partial charge in [0.25, 0.3) is 5.91 Å². The lowest BCUT2D eigenvalue weighted by Gasteiger charge is -2.09. The highest BCUT2D eigenvalue weighted by Crippen LogP contribution is 2.00. The second-order valence-corrected chi connectivity index (χ2v) is 4.63. The van der Waals surface area contributed by atoms with E-state index in [2.05, 4.69) is 25.5 Å². The van der Waals surface area contributed by atoms with Crippen LogP contribution in [0.2, 0.25) is 0 Å². The highest BCUT2D eigenvalue weighted by Gasteiger charge is 2.06. The Bertz CT molecular complexity index is 394. The number of carbonyl (C=O) groups excluding carboxylic acids is 1. The van der Waals surface area contributed by atoms with Gasteiger partial charge in [-0.05, 0) is 27.1 Å². The van der Waals surface area contributed by atoms with Crippen molar-refractivity contribution < 1.29 is 9.53 Å². The Labute approximate surface area is 119 Å². The maximum Gasteiger partial charge on any atom is 0.254 e. The highest BCUT2D eigenvalue weighted by molar-refractivity contribution is 5.93. The minimum absolute atomic E-state index is 0.193. The van der Waals surface area contributed by atoms with E-state index in [0.29, 0.717) is 24.7 Å². The van der Waals surface area contributed by atoms with Gasteiger partial charge in [0.2, 0.25) is 5.95 Å². The minimum atomic E-state index is -0.193. The first kappa shape index (κ1) is 16.3. The lowest BCUT2D eigenvalue weighted by Crippen LogP contribution is -2.27. The third-order valence-electron chi connectivity index (χ3n) is 2.57. The van der Waals surface area contributed by atoms with Crippen molar-refractivity contribution in [1.29, 1.82) is 0 Å². The van der Waals surface area contributed by atoms with Crippen LogP contribution in [-0.2, 0) is 4.74 Å². The molecule has 0 fully saturated rings. The number of hydrogen-bond donors (Lipinski definition) is 2. The molecule has 7 nitrogen and oxygen atoms in total. The summed E-state index contributed by atoms with van der Waals surface area (Å²) in [4.78, 5) is 22.0. The van der Waals surface area contributed by atoms with Crippen LogP contribution in [0.5, 0.6) is 0 Å². The van der Waals surface area contributed by atoms with Crippen LogP contribution >= 0.6 is 0 Å². The Morgan fingerprint density at radius 3 is 2.60 bits per heavy atom. The second kappa shape index (κ2) is 9.22. The average molecular weight is 281 g/mol. The maximum absolute atomic E-state index is 11.7. The van der Waals surface area contributed by atoms with E-state index in [1.54, 1.807) is 7.11 Å². The van der Waals surface area contributed by atoms with Gasteiger partial charge in [-0.25, -0.2) is 9.97 Å². The maximum atomic E-state index is 11.7. The molecular formula is C13H23N5O2. The molecule has 0 aliphatic heterocycles. The lowest BCUT2D eigenvalue weighted by molar-refractivity contribution is 0.0936. The smallest absolute Gasteiger partial charge is 0.254 e. The SMILES string of the molecule is COCCNC(=O)c1cnc(NCCCN(C)C)nc1. The zero-order chi connectivity index (χ0) is 14.8. The summed E-state index contributed by atoms with van der Waals surface area (Å²) in [5.41, 5.74) is 0.444. The third-order valence-corrected chi connectivity index (χ3v) is 2.57. The third kappa shape index (κ3) is 6.44. The van der Waals surface area contributed by atoms with Crippen molar-refractivity contribution in [3.8, 4) is 0 Å². The molecule has 0 saturated carbocycles. The van der Waals surface area contributed by atoms with Crippen molar-refractivity contribution in [2.24, 2.45) is 0 Å². The van der Waals surface area contributed by atoms with Gasteiger partial charge < -0.3 is 20.3 Å². The van der Waals surface area contributed by atoms with Crippen molar-refractivity contribution >= 4 is 11.9 Å². The van der Waals surface area contributed by atoms with Gasteiger partial charge in [-0.15, -0.1) is 0 Å². The summed E-state index contributed by atoms with van der Waals surface area (Å²) in [6, 6.07) is 0. The molecule has 0 unspecified atom stereocenters. The summed E-state index contributed by atoms with van der Waals surface area (Å²) in [5.74, 6) is 0.346. The Kier molecular flexibility index (Phi) is 7.52. The molecule has 0 aliphatic carbocycles. The molecule has 20 heavy (non-hydrogen) atoms. The number of hydrogen-bond acceptors (Lipinski definition) is 6. The zero-order valence-electron chi connectivity index (χ0n) is 12.3. The van der Waals surface area contributed by atoms with Gasteiger partial charge in [-0.1, -0.05) is 0 Å². The van der Waals surface area contributed by atoms with Gasteiger partial charge in [-0.3, -0.25) is 4.79 Å². The van der Waals surface area contributed by atoms with Crippen LogP contribution in [-0.4, -0.2) is 68.2 Å². The molecule has 1 heterocycles. The number of methoxy groups -OCH3 is 1. The molecule has 0 aromatic carbocycles. The van der Waals surface area contributed by atoms with E-state index in [1.165, 1.54) is 12.4 Å². The molecule has 1 amide bonds. The molecule has 2 N–H and O–H groups in total. The van der Waals surface area contributed by atoms with Gasteiger partial charge in [0.1, 0.15) is 0 Å². The van der Waals surface area contributed by atoms with Crippen molar-refractivity contribution in [3.63, 3.8) is 0 Å². The summed E-state index contributed by atoms with van der Waals surface area (Å²) in [5, 5.41) is 5.83. The molecule has 0 aliphatic rings. The molecule has 112 valence electrons. The summed E-state index contributed by atoms with van der Waals surface area (Å²) < 4.78 is 4.86. The quantitative estimate of drug-likeness (QED) is 0.630. The van der Waals surface area contributed by atoms with Crippen molar-refractivity contribution in [1.82, 2.24) is 20.2 Å². The van der Waals surface area contributed by atoms with Gasteiger partial charge in [-0.2, -0.15) is 0 Å². The van der Waals surface area contributed by atoms with E-state index in [9.17, 15) is 4.79 Å². The molecular weight excluding hydrogens is 258 g/mol. The number of anilines is 1. The van der Waals surface area contributed by atoms with Crippen LogP contribution in [0.25, 0.3) is 0 Å². The van der Waals surface area contributed by atoms with E-state index in [-0.39, 0.29) is 5.91 Å². The summed E-state index contributed by atoms with van der Waals surface area (Å²) >= 11 is 0. The second-order valence-electron chi connectivity index (χ2n) is 4.63. The predicted molar refractivity (Wildman–Crippen MR) is 77.9 cm³/mol. The number of nitrogens with zero attached hydrogens (tertiary/aromatic N) is 3. The molecule has 0 bridgehead atoms. The van der Waals surface area contributed by atoms with E-state index < -0.39 is 0 Å². The zero-order valence-corrected chi connectivity index (χ0v) is 12.3. The molecule has 0 saturated heterocycles. The first-order valence-electron chi connectivity index (χ1n) is 6.61. The van der Waals surface area contributed by atoms with Crippen LogP contribution in [0.1, 0.15) is 16.8 Å². The summed E-state index contributed by atoms with van der Waals surface area (Å²) in [6.45, 7) is 2.77. The normalized spacial score (nSPS) is 10.6. The molecule has 1 rings (SSSR count). The molecule has 7 heteroatoms. The Balaban J connectivity index is 2.34. The number of ether oxygens (including phenoxy) is 1. The highest BCUT2D eigenvalue weighted by atomic mass is 16.5.